The SMILES string of the molecule is NCCCn1cc(S(=O)(=O)NC2CCCCCC2)cn1. The lowest BCUT2D eigenvalue weighted by Gasteiger charge is -2.15. The molecule has 6 nitrogen and oxygen atoms in total. The summed E-state index contributed by atoms with van der Waals surface area (Å²) in [6.07, 6.45) is 10.2. The lowest BCUT2D eigenvalue weighted by molar-refractivity contribution is 0.509. The van der Waals surface area contributed by atoms with Crippen molar-refractivity contribution in [2.24, 2.45) is 5.73 Å². The first kappa shape index (κ1) is 15.5. The molecule has 1 fully saturated rings. The molecule has 1 heterocycles. The summed E-state index contributed by atoms with van der Waals surface area (Å²) in [6.45, 7) is 1.22. The molecule has 0 aromatic carbocycles. The van der Waals surface area contributed by atoms with Gasteiger partial charge in [0.15, 0.2) is 0 Å². The van der Waals surface area contributed by atoms with Gasteiger partial charge in [0.25, 0.3) is 0 Å². The first-order valence-corrected chi connectivity index (χ1v) is 8.85. The number of nitrogens with zero attached hydrogens (tertiary/aromatic N) is 2. The monoisotopic (exact) mass is 300 g/mol. The highest BCUT2D eigenvalue weighted by Crippen LogP contribution is 2.19. The second-order valence-electron chi connectivity index (χ2n) is 5.39. The first-order valence-electron chi connectivity index (χ1n) is 7.36. The Morgan fingerprint density at radius 3 is 2.65 bits per heavy atom. The maximum Gasteiger partial charge on any atom is 0.243 e. The predicted molar refractivity (Wildman–Crippen MR) is 77.7 cm³/mol. The molecular formula is C13H24N4O2S. The largest absolute Gasteiger partial charge is 0.330 e. The summed E-state index contributed by atoms with van der Waals surface area (Å²) in [4.78, 5) is 0.249. The van der Waals surface area contributed by atoms with E-state index in [-0.39, 0.29) is 10.9 Å². The molecule has 0 spiro atoms. The van der Waals surface area contributed by atoms with Crippen LogP contribution in [0.15, 0.2) is 17.3 Å². The Kier molecular flexibility index (Phi) is 5.56. The van der Waals surface area contributed by atoms with Crippen molar-refractivity contribution in [3.05, 3.63) is 12.4 Å². The molecule has 3 N–H and O–H groups in total. The summed E-state index contributed by atoms with van der Waals surface area (Å²) >= 11 is 0. The molecule has 0 amide bonds. The van der Waals surface area contributed by atoms with Crippen LogP contribution in [0.25, 0.3) is 0 Å². The Balaban J connectivity index is 1.99. The number of nitrogens with one attached hydrogen (secondary N) is 1. The number of aryl methyl sites for hydroxylation is 1. The van der Waals surface area contributed by atoms with Crippen LogP contribution in [0.3, 0.4) is 0 Å². The fraction of sp³-hybridized carbons (Fsp3) is 0.769. The third kappa shape index (κ3) is 4.29. The molecule has 114 valence electrons. The quantitative estimate of drug-likeness (QED) is 0.773. The van der Waals surface area contributed by atoms with Crippen molar-refractivity contribution >= 4 is 10.0 Å². The molecule has 0 bridgehead atoms. The van der Waals surface area contributed by atoms with E-state index in [1.54, 1.807) is 10.9 Å². The molecule has 0 atom stereocenters. The lowest BCUT2D eigenvalue weighted by Crippen LogP contribution is -2.34. The Morgan fingerprint density at radius 2 is 2.00 bits per heavy atom. The highest BCUT2D eigenvalue weighted by molar-refractivity contribution is 7.89. The second-order valence-corrected chi connectivity index (χ2v) is 7.11. The molecule has 2 rings (SSSR count). The highest BCUT2D eigenvalue weighted by Gasteiger charge is 2.22. The molecule has 1 aromatic heterocycles. The van der Waals surface area contributed by atoms with Crippen LogP contribution in [0.1, 0.15) is 44.9 Å². The van der Waals surface area contributed by atoms with E-state index in [1.807, 2.05) is 0 Å². The highest BCUT2D eigenvalue weighted by atomic mass is 32.2. The van der Waals surface area contributed by atoms with Crippen LogP contribution in [-0.4, -0.2) is 30.8 Å². The molecule has 1 saturated carbocycles. The molecular weight excluding hydrogens is 276 g/mol. The van der Waals surface area contributed by atoms with Gasteiger partial charge in [-0.15, -0.1) is 0 Å². The summed E-state index contributed by atoms with van der Waals surface area (Å²) in [5.41, 5.74) is 5.44. The Morgan fingerprint density at radius 1 is 1.30 bits per heavy atom. The molecule has 20 heavy (non-hydrogen) atoms. The first-order chi connectivity index (χ1) is 9.62. The molecule has 0 unspecified atom stereocenters. The van der Waals surface area contributed by atoms with Crippen molar-refractivity contribution in [1.29, 1.82) is 0 Å². The van der Waals surface area contributed by atoms with Gasteiger partial charge in [-0.2, -0.15) is 5.10 Å². The summed E-state index contributed by atoms with van der Waals surface area (Å²) in [5.74, 6) is 0. The summed E-state index contributed by atoms with van der Waals surface area (Å²) in [7, 11) is -3.44. The lowest BCUT2D eigenvalue weighted by atomic mass is 10.1. The van der Waals surface area contributed by atoms with Crippen LogP contribution in [0.2, 0.25) is 0 Å². The number of rotatable bonds is 6. The summed E-state index contributed by atoms with van der Waals surface area (Å²) < 4.78 is 29.1. The van der Waals surface area contributed by atoms with Crippen LogP contribution in [-0.2, 0) is 16.6 Å². The third-order valence-corrected chi connectivity index (χ3v) is 5.16. The van der Waals surface area contributed by atoms with E-state index < -0.39 is 10.0 Å². The Labute approximate surface area is 120 Å². The van der Waals surface area contributed by atoms with Crippen LogP contribution in [0.5, 0.6) is 0 Å². The Hall–Kier alpha value is -0.920. The van der Waals surface area contributed by atoms with Crippen molar-refractivity contribution < 1.29 is 8.42 Å². The topological polar surface area (TPSA) is 90.0 Å². The minimum absolute atomic E-state index is 0.0647. The van der Waals surface area contributed by atoms with Gasteiger partial charge >= 0.3 is 0 Å². The van der Waals surface area contributed by atoms with E-state index >= 15 is 0 Å². The average molecular weight is 300 g/mol. The smallest absolute Gasteiger partial charge is 0.243 e. The van der Waals surface area contributed by atoms with Gasteiger partial charge in [0.05, 0.1) is 6.20 Å². The standard InChI is InChI=1S/C13H24N4O2S/c14-8-5-9-17-11-13(10-15-17)20(18,19)16-12-6-3-1-2-4-7-12/h10-12,16H,1-9,14H2. The average Bonchev–Trinajstić information content (AvgIpc) is 2.76. The maximum absolute atomic E-state index is 12.3. The van der Waals surface area contributed by atoms with E-state index in [2.05, 4.69) is 9.82 Å². The van der Waals surface area contributed by atoms with Crippen molar-refractivity contribution in [3.63, 3.8) is 0 Å². The number of nitrogens with two attached hydrogens (primary N) is 1. The van der Waals surface area contributed by atoms with Gasteiger partial charge in [-0.25, -0.2) is 13.1 Å². The van der Waals surface area contributed by atoms with E-state index in [1.165, 1.54) is 19.0 Å². The van der Waals surface area contributed by atoms with Gasteiger partial charge in [0, 0.05) is 18.8 Å². The van der Waals surface area contributed by atoms with Crippen LogP contribution < -0.4 is 10.5 Å². The number of aromatic nitrogens is 2. The third-order valence-electron chi connectivity index (χ3n) is 3.69. The van der Waals surface area contributed by atoms with Crippen LogP contribution in [0.4, 0.5) is 0 Å². The molecule has 0 saturated heterocycles. The molecule has 0 radical (unpaired) electrons. The van der Waals surface area contributed by atoms with Gasteiger partial charge in [0.2, 0.25) is 10.0 Å². The summed E-state index contributed by atoms with van der Waals surface area (Å²) in [5, 5.41) is 4.07. The van der Waals surface area contributed by atoms with Crippen molar-refractivity contribution in [3.8, 4) is 0 Å². The molecule has 0 aliphatic heterocycles. The molecule has 1 aliphatic carbocycles. The second kappa shape index (κ2) is 7.19. The normalized spacial score (nSPS) is 18.1. The maximum atomic E-state index is 12.3. The van der Waals surface area contributed by atoms with Gasteiger partial charge in [-0.1, -0.05) is 25.7 Å². The molecule has 7 heteroatoms. The molecule has 1 aliphatic rings. The minimum atomic E-state index is -3.44. The fourth-order valence-corrected chi connectivity index (χ4v) is 3.80. The zero-order valence-electron chi connectivity index (χ0n) is 11.8. The van der Waals surface area contributed by atoms with Crippen molar-refractivity contribution in [2.75, 3.05) is 6.54 Å². The summed E-state index contributed by atoms with van der Waals surface area (Å²) in [6, 6.07) is 0.0647. The number of hydrogen-bond donors (Lipinski definition) is 2. The van der Waals surface area contributed by atoms with E-state index in [0.717, 1.165) is 32.1 Å². The Bertz CT molecular complexity index is 504. The number of hydrogen-bond acceptors (Lipinski definition) is 4. The van der Waals surface area contributed by atoms with E-state index in [0.29, 0.717) is 13.1 Å². The molecule has 1 aromatic rings. The van der Waals surface area contributed by atoms with Gasteiger partial charge < -0.3 is 5.73 Å². The number of sulfonamides is 1. The zero-order valence-corrected chi connectivity index (χ0v) is 12.6. The van der Waals surface area contributed by atoms with Crippen LogP contribution >= 0.6 is 0 Å². The van der Waals surface area contributed by atoms with Gasteiger partial charge in [-0.05, 0) is 25.8 Å². The minimum Gasteiger partial charge on any atom is -0.330 e. The predicted octanol–water partition coefficient (Wildman–Crippen LogP) is 1.23. The van der Waals surface area contributed by atoms with Gasteiger partial charge in [0.1, 0.15) is 4.90 Å². The van der Waals surface area contributed by atoms with Crippen molar-refractivity contribution in [2.45, 2.75) is 62.4 Å². The zero-order chi connectivity index (χ0) is 14.4. The van der Waals surface area contributed by atoms with E-state index in [9.17, 15) is 8.42 Å². The van der Waals surface area contributed by atoms with Gasteiger partial charge in [-0.3, -0.25) is 4.68 Å². The van der Waals surface area contributed by atoms with Crippen molar-refractivity contribution in [1.82, 2.24) is 14.5 Å². The fourth-order valence-electron chi connectivity index (χ4n) is 2.54. The van der Waals surface area contributed by atoms with E-state index in [4.69, 9.17) is 5.73 Å². The van der Waals surface area contributed by atoms with Crippen LogP contribution in [0, 0.1) is 0 Å².